The summed E-state index contributed by atoms with van der Waals surface area (Å²) in [5.74, 6) is 1.76. The van der Waals surface area contributed by atoms with Crippen LogP contribution in [0.2, 0.25) is 0 Å². The van der Waals surface area contributed by atoms with Gasteiger partial charge in [0.2, 0.25) is 0 Å². The van der Waals surface area contributed by atoms with Crippen molar-refractivity contribution in [3.63, 3.8) is 0 Å². The maximum Gasteiger partial charge on any atom is 0.125 e. The average Bonchev–Trinajstić information content (AvgIpc) is 3.09. The van der Waals surface area contributed by atoms with E-state index in [0.29, 0.717) is 13.0 Å². The zero-order chi connectivity index (χ0) is 20.0. The highest BCUT2D eigenvalue weighted by Crippen LogP contribution is 2.44. The summed E-state index contributed by atoms with van der Waals surface area (Å²) in [6.45, 7) is 4.40. The van der Waals surface area contributed by atoms with Gasteiger partial charge in [0.05, 0.1) is 12.2 Å². The van der Waals surface area contributed by atoms with Crippen molar-refractivity contribution in [1.82, 2.24) is 4.90 Å². The Morgan fingerprint density at radius 1 is 1.14 bits per heavy atom. The molecule has 154 valence electrons. The second-order valence-corrected chi connectivity index (χ2v) is 8.86. The number of aliphatic hydroxyl groups is 2. The van der Waals surface area contributed by atoms with Crippen LogP contribution in [0.3, 0.4) is 0 Å². The molecule has 0 radical (unpaired) electrons. The van der Waals surface area contributed by atoms with Crippen molar-refractivity contribution in [1.29, 1.82) is 0 Å². The molecule has 0 aromatic heterocycles. The summed E-state index contributed by atoms with van der Waals surface area (Å²) in [5.41, 5.74) is 2.75. The summed E-state index contributed by atoms with van der Waals surface area (Å²) in [6, 6.07) is 13.8. The first-order valence-corrected chi connectivity index (χ1v) is 10.7. The minimum absolute atomic E-state index is 0.214. The van der Waals surface area contributed by atoms with Crippen LogP contribution in [0.15, 0.2) is 42.5 Å². The van der Waals surface area contributed by atoms with Gasteiger partial charge < -0.3 is 24.6 Å². The standard InChI is InChI=1S/C24H29NO4/c1-16-12-18-13-17(6-7-22(18)28-16)21(27)15-25-10-8-24(9-11-25)14-20(26)19-4-2-3-5-23(19)29-24/h2-7,13,16,20-21,26-27H,8-12,14-15H2,1H3/t16-,20+,21-/m1/s1. The fourth-order valence-electron chi connectivity index (χ4n) is 5.03. The number of likely N-dealkylation sites (tertiary alicyclic amines) is 1. The van der Waals surface area contributed by atoms with Gasteiger partial charge in [-0.1, -0.05) is 24.3 Å². The molecule has 3 aliphatic heterocycles. The number of hydrogen-bond donors (Lipinski definition) is 2. The lowest BCUT2D eigenvalue weighted by molar-refractivity contribution is -0.0587. The molecule has 0 aliphatic carbocycles. The fourth-order valence-corrected chi connectivity index (χ4v) is 5.03. The predicted octanol–water partition coefficient (Wildman–Crippen LogP) is 3.39. The highest BCUT2D eigenvalue weighted by Gasteiger charge is 2.43. The Bertz CT molecular complexity index is 890. The lowest BCUT2D eigenvalue weighted by atomic mass is 9.81. The van der Waals surface area contributed by atoms with E-state index < -0.39 is 12.2 Å². The minimum atomic E-state index is -0.510. The van der Waals surface area contributed by atoms with Crippen LogP contribution in [0.5, 0.6) is 11.5 Å². The van der Waals surface area contributed by atoms with Gasteiger partial charge in [-0.2, -0.15) is 0 Å². The highest BCUT2D eigenvalue weighted by molar-refractivity contribution is 5.41. The number of para-hydroxylation sites is 1. The van der Waals surface area contributed by atoms with Crippen LogP contribution in [-0.4, -0.2) is 46.5 Å². The molecule has 1 spiro atoms. The van der Waals surface area contributed by atoms with Gasteiger partial charge in [0.15, 0.2) is 0 Å². The number of benzene rings is 2. The van der Waals surface area contributed by atoms with Crippen LogP contribution in [0, 0.1) is 0 Å². The molecule has 2 N–H and O–H groups in total. The van der Waals surface area contributed by atoms with E-state index in [2.05, 4.69) is 17.9 Å². The maximum absolute atomic E-state index is 10.8. The zero-order valence-corrected chi connectivity index (χ0v) is 16.9. The average molecular weight is 395 g/mol. The van der Waals surface area contributed by atoms with Crippen LogP contribution in [-0.2, 0) is 6.42 Å². The van der Waals surface area contributed by atoms with Crippen LogP contribution in [0.25, 0.3) is 0 Å². The van der Waals surface area contributed by atoms with Crippen molar-refractivity contribution in [3.05, 3.63) is 59.2 Å². The number of piperidine rings is 1. The second kappa shape index (κ2) is 7.31. The van der Waals surface area contributed by atoms with E-state index in [-0.39, 0.29) is 11.7 Å². The van der Waals surface area contributed by atoms with Crippen molar-refractivity contribution < 1.29 is 19.7 Å². The first-order valence-electron chi connectivity index (χ1n) is 10.7. The molecule has 5 heteroatoms. The van der Waals surface area contributed by atoms with Gasteiger partial charge >= 0.3 is 0 Å². The maximum atomic E-state index is 10.8. The number of ether oxygens (including phenoxy) is 2. The second-order valence-electron chi connectivity index (χ2n) is 8.86. The minimum Gasteiger partial charge on any atom is -0.490 e. The Hall–Kier alpha value is -2.08. The summed E-state index contributed by atoms with van der Waals surface area (Å²) >= 11 is 0. The number of fused-ring (bicyclic) bond motifs is 2. The van der Waals surface area contributed by atoms with Gasteiger partial charge in [-0.25, -0.2) is 0 Å². The number of rotatable bonds is 3. The van der Waals surface area contributed by atoms with Crippen molar-refractivity contribution in [2.75, 3.05) is 19.6 Å². The summed E-state index contributed by atoms with van der Waals surface area (Å²) in [7, 11) is 0. The van der Waals surface area contributed by atoms with E-state index in [1.54, 1.807) is 0 Å². The Labute approximate surface area is 171 Å². The lowest BCUT2D eigenvalue weighted by Gasteiger charge is -2.46. The van der Waals surface area contributed by atoms with Gasteiger partial charge in [0.1, 0.15) is 23.2 Å². The van der Waals surface area contributed by atoms with E-state index in [0.717, 1.165) is 55.0 Å². The summed E-state index contributed by atoms with van der Waals surface area (Å²) in [5, 5.41) is 21.4. The van der Waals surface area contributed by atoms with Crippen molar-refractivity contribution in [2.45, 2.75) is 56.5 Å². The molecule has 1 saturated heterocycles. The summed E-state index contributed by atoms with van der Waals surface area (Å²) in [4.78, 5) is 2.30. The molecule has 0 amide bonds. The molecule has 3 heterocycles. The molecule has 2 aromatic carbocycles. The van der Waals surface area contributed by atoms with Crippen LogP contribution in [0.4, 0.5) is 0 Å². The first kappa shape index (κ1) is 18.9. The fraction of sp³-hybridized carbons (Fsp3) is 0.500. The Balaban J connectivity index is 1.21. The van der Waals surface area contributed by atoms with Gasteiger partial charge in [0, 0.05) is 38.0 Å². The van der Waals surface area contributed by atoms with E-state index in [1.165, 1.54) is 5.56 Å². The third-order valence-corrected chi connectivity index (χ3v) is 6.67. The first-order chi connectivity index (χ1) is 14.0. The van der Waals surface area contributed by atoms with E-state index >= 15 is 0 Å². The summed E-state index contributed by atoms with van der Waals surface area (Å²) in [6.07, 6.45) is 2.51. The quantitative estimate of drug-likeness (QED) is 0.834. The molecule has 29 heavy (non-hydrogen) atoms. The molecule has 0 unspecified atom stereocenters. The van der Waals surface area contributed by atoms with Crippen LogP contribution < -0.4 is 9.47 Å². The van der Waals surface area contributed by atoms with Gasteiger partial charge in [0.25, 0.3) is 0 Å². The number of β-amino-alcohol motifs (C(OH)–C–C–N with tert-alkyl or cyclic N) is 1. The largest absolute Gasteiger partial charge is 0.490 e. The van der Waals surface area contributed by atoms with Gasteiger partial charge in [-0.15, -0.1) is 0 Å². The Kier molecular flexibility index (Phi) is 4.77. The topological polar surface area (TPSA) is 62.2 Å². The molecule has 3 aliphatic rings. The lowest BCUT2D eigenvalue weighted by Crippen LogP contribution is -2.51. The van der Waals surface area contributed by atoms with Crippen molar-refractivity contribution in [3.8, 4) is 11.5 Å². The third kappa shape index (κ3) is 3.63. The van der Waals surface area contributed by atoms with E-state index in [1.807, 2.05) is 36.4 Å². The molecule has 0 saturated carbocycles. The molecule has 5 nitrogen and oxygen atoms in total. The molecular weight excluding hydrogens is 366 g/mol. The molecule has 3 atom stereocenters. The SMILES string of the molecule is C[C@@H]1Cc2cc([C@H](O)CN3CCC4(CC3)C[C@H](O)c3ccccc3O4)ccc2O1. The number of nitrogens with zero attached hydrogens (tertiary/aromatic N) is 1. The normalized spacial score (nSPS) is 26.3. The van der Waals surface area contributed by atoms with E-state index in [9.17, 15) is 10.2 Å². The van der Waals surface area contributed by atoms with Crippen LogP contribution >= 0.6 is 0 Å². The van der Waals surface area contributed by atoms with Crippen molar-refractivity contribution >= 4 is 0 Å². The zero-order valence-electron chi connectivity index (χ0n) is 16.9. The molecule has 1 fully saturated rings. The third-order valence-electron chi connectivity index (χ3n) is 6.67. The Morgan fingerprint density at radius 2 is 1.93 bits per heavy atom. The summed E-state index contributed by atoms with van der Waals surface area (Å²) < 4.78 is 12.1. The van der Waals surface area contributed by atoms with Gasteiger partial charge in [-0.3, -0.25) is 0 Å². The smallest absolute Gasteiger partial charge is 0.125 e. The number of hydrogen-bond acceptors (Lipinski definition) is 5. The monoisotopic (exact) mass is 395 g/mol. The molecule has 0 bridgehead atoms. The molecular formula is C24H29NO4. The Morgan fingerprint density at radius 3 is 2.76 bits per heavy atom. The van der Waals surface area contributed by atoms with Crippen molar-refractivity contribution in [2.24, 2.45) is 0 Å². The molecule has 2 aromatic rings. The highest BCUT2D eigenvalue weighted by atomic mass is 16.5. The van der Waals surface area contributed by atoms with E-state index in [4.69, 9.17) is 9.47 Å². The number of aliphatic hydroxyl groups excluding tert-OH is 2. The molecule has 5 rings (SSSR count). The van der Waals surface area contributed by atoms with Gasteiger partial charge in [-0.05, 0) is 49.1 Å². The van der Waals surface area contributed by atoms with Crippen LogP contribution in [0.1, 0.15) is 55.1 Å². The predicted molar refractivity (Wildman–Crippen MR) is 110 cm³/mol.